The van der Waals surface area contributed by atoms with Crippen LogP contribution in [0.15, 0.2) is 16.9 Å². The molecule has 0 unspecified atom stereocenters. The van der Waals surface area contributed by atoms with Gasteiger partial charge in [-0.15, -0.1) is 0 Å². The van der Waals surface area contributed by atoms with Gasteiger partial charge in [0.1, 0.15) is 5.69 Å². The molecule has 1 fully saturated rings. The smallest absolute Gasteiger partial charge is 0.309 e. The molecule has 1 N–H and O–H groups in total. The quantitative estimate of drug-likeness (QED) is 0.829. The van der Waals surface area contributed by atoms with Crippen LogP contribution in [0.3, 0.4) is 0 Å². The first-order valence-electron chi connectivity index (χ1n) is 6.40. The Kier molecular flexibility index (Phi) is 3.61. The molecule has 0 spiro atoms. The molecule has 7 nitrogen and oxygen atoms in total. The fraction of sp³-hybridized carbons (Fsp3) is 0.538. The normalized spacial score (nSPS) is 17.8. The number of piperidine rings is 1. The van der Waals surface area contributed by atoms with Gasteiger partial charge in [0.2, 0.25) is 0 Å². The average molecular weight is 279 g/mol. The van der Waals surface area contributed by atoms with Gasteiger partial charge in [-0.05, 0) is 25.8 Å². The van der Waals surface area contributed by atoms with Gasteiger partial charge in [-0.25, -0.2) is 4.68 Å². The van der Waals surface area contributed by atoms with Gasteiger partial charge in [-0.2, -0.15) is 5.10 Å². The molecular formula is C13H17N3O4. The van der Waals surface area contributed by atoms with Crippen LogP contribution in [-0.4, -0.2) is 44.8 Å². The Morgan fingerprint density at radius 3 is 2.40 bits per heavy atom. The van der Waals surface area contributed by atoms with Crippen LogP contribution >= 0.6 is 0 Å². The number of rotatable bonds is 2. The molecule has 1 aromatic heterocycles. The summed E-state index contributed by atoms with van der Waals surface area (Å²) in [4.78, 5) is 36.2. The number of hydrogen-bond acceptors (Lipinski definition) is 4. The Bertz CT molecular complexity index is 600. The highest BCUT2D eigenvalue weighted by atomic mass is 16.4. The summed E-state index contributed by atoms with van der Waals surface area (Å²) in [5, 5.41) is 13.1. The van der Waals surface area contributed by atoms with Crippen molar-refractivity contribution in [3.05, 3.63) is 28.2 Å². The van der Waals surface area contributed by atoms with Crippen LogP contribution < -0.4 is 5.56 Å². The third-order valence-electron chi connectivity index (χ3n) is 3.85. The second kappa shape index (κ2) is 5.07. The molecule has 108 valence electrons. The molecule has 0 atom stereocenters. The SMILES string of the molecule is Cn1nc(C(=O)N2CCC(C)(C(=O)O)CC2)ccc1=O. The molecule has 0 radical (unpaired) electrons. The van der Waals surface area contributed by atoms with Gasteiger partial charge in [0, 0.05) is 26.2 Å². The molecule has 2 rings (SSSR count). The van der Waals surface area contributed by atoms with Crippen LogP contribution in [0, 0.1) is 5.41 Å². The predicted molar refractivity (Wildman–Crippen MR) is 70.4 cm³/mol. The minimum atomic E-state index is -0.829. The predicted octanol–water partition coefficient (Wildman–Crippen LogP) is 0.107. The van der Waals surface area contributed by atoms with Gasteiger partial charge in [-0.3, -0.25) is 14.4 Å². The summed E-state index contributed by atoms with van der Waals surface area (Å²) in [6.45, 7) is 2.46. The van der Waals surface area contributed by atoms with Gasteiger partial charge in [0.05, 0.1) is 5.41 Å². The lowest BCUT2D eigenvalue weighted by molar-refractivity contribution is -0.150. The van der Waals surface area contributed by atoms with E-state index >= 15 is 0 Å². The van der Waals surface area contributed by atoms with E-state index in [-0.39, 0.29) is 17.2 Å². The highest BCUT2D eigenvalue weighted by Gasteiger charge is 2.38. The summed E-state index contributed by atoms with van der Waals surface area (Å²) in [5.74, 6) is -1.10. The lowest BCUT2D eigenvalue weighted by Gasteiger charge is -2.36. The minimum absolute atomic E-state index is 0.200. The Labute approximate surface area is 115 Å². The second-order valence-electron chi connectivity index (χ2n) is 5.34. The average Bonchev–Trinajstić information content (AvgIpc) is 2.42. The zero-order valence-corrected chi connectivity index (χ0v) is 11.5. The van der Waals surface area contributed by atoms with Crippen molar-refractivity contribution < 1.29 is 14.7 Å². The van der Waals surface area contributed by atoms with E-state index in [1.54, 1.807) is 11.8 Å². The van der Waals surface area contributed by atoms with Gasteiger partial charge in [0.25, 0.3) is 11.5 Å². The first-order chi connectivity index (χ1) is 9.33. The molecule has 0 saturated carbocycles. The maximum absolute atomic E-state index is 12.2. The lowest BCUT2D eigenvalue weighted by atomic mass is 9.80. The van der Waals surface area contributed by atoms with Crippen molar-refractivity contribution in [2.24, 2.45) is 12.5 Å². The molecule has 1 aliphatic rings. The monoisotopic (exact) mass is 279 g/mol. The molecule has 0 aromatic carbocycles. The van der Waals surface area contributed by atoms with Crippen molar-refractivity contribution in [2.75, 3.05) is 13.1 Å². The van der Waals surface area contributed by atoms with E-state index in [2.05, 4.69) is 5.10 Å². The third kappa shape index (κ3) is 2.56. The van der Waals surface area contributed by atoms with Crippen LogP contribution in [0.1, 0.15) is 30.3 Å². The van der Waals surface area contributed by atoms with Crippen LogP contribution in [0.2, 0.25) is 0 Å². The summed E-state index contributed by atoms with van der Waals surface area (Å²) >= 11 is 0. The molecule has 20 heavy (non-hydrogen) atoms. The third-order valence-corrected chi connectivity index (χ3v) is 3.85. The Balaban J connectivity index is 2.10. The maximum Gasteiger partial charge on any atom is 0.309 e. The zero-order valence-electron chi connectivity index (χ0n) is 11.5. The molecule has 7 heteroatoms. The number of carboxylic acids is 1. The van der Waals surface area contributed by atoms with Crippen molar-refractivity contribution >= 4 is 11.9 Å². The van der Waals surface area contributed by atoms with E-state index in [1.165, 1.54) is 19.2 Å². The molecule has 0 bridgehead atoms. The Morgan fingerprint density at radius 2 is 1.90 bits per heavy atom. The summed E-state index contributed by atoms with van der Waals surface area (Å²) < 4.78 is 1.11. The molecule has 1 amide bonds. The number of nitrogens with zero attached hydrogens (tertiary/aromatic N) is 3. The summed E-state index contributed by atoms with van der Waals surface area (Å²) in [5.41, 5.74) is -0.849. The molecule has 1 aliphatic heterocycles. The highest BCUT2D eigenvalue weighted by Crippen LogP contribution is 2.31. The van der Waals surface area contributed by atoms with Gasteiger partial charge in [-0.1, -0.05) is 0 Å². The number of likely N-dealkylation sites (tertiary alicyclic amines) is 1. The maximum atomic E-state index is 12.2. The topological polar surface area (TPSA) is 92.5 Å². The van der Waals surface area contributed by atoms with E-state index in [0.717, 1.165) is 4.68 Å². The largest absolute Gasteiger partial charge is 0.481 e. The number of aliphatic carboxylic acids is 1. The summed E-state index contributed by atoms with van der Waals surface area (Å²) in [7, 11) is 1.48. The van der Waals surface area contributed by atoms with E-state index in [4.69, 9.17) is 5.11 Å². The lowest BCUT2D eigenvalue weighted by Crippen LogP contribution is -2.45. The van der Waals surface area contributed by atoms with E-state index in [0.29, 0.717) is 25.9 Å². The van der Waals surface area contributed by atoms with Crippen LogP contribution in [0.25, 0.3) is 0 Å². The van der Waals surface area contributed by atoms with Gasteiger partial charge in [0.15, 0.2) is 0 Å². The number of carboxylic acid groups (broad SMARTS) is 1. The molecule has 1 saturated heterocycles. The van der Waals surface area contributed by atoms with E-state index in [1.807, 2.05) is 0 Å². The van der Waals surface area contributed by atoms with Crippen molar-refractivity contribution in [3.8, 4) is 0 Å². The number of hydrogen-bond donors (Lipinski definition) is 1. The number of carbonyl (C=O) groups is 2. The van der Waals surface area contributed by atoms with Crippen molar-refractivity contribution in [2.45, 2.75) is 19.8 Å². The number of amides is 1. The second-order valence-corrected chi connectivity index (χ2v) is 5.34. The summed E-state index contributed by atoms with van der Waals surface area (Å²) in [6, 6.07) is 2.70. The number of aromatic nitrogens is 2. The van der Waals surface area contributed by atoms with Crippen LogP contribution in [-0.2, 0) is 11.8 Å². The standard InChI is InChI=1S/C13H17N3O4/c1-13(12(19)20)5-7-16(8-6-13)11(18)9-3-4-10(17)15(2)14-9/h3-4H,5-8H2,1-2H3,(H,19,20). The van der Waals surface area contributed by atoms with Crippen LogP contribution in [0.5, 0.6) is 0 Å². The van der Waals surface area contributed by atoms with E-state index < -0.39 is 11.4 Å². The Morgan fingerprint density at radius 1 is 1.30 bits per heavy atom. The molecule has 2 heterocycles. The fourth-order valence-corrected chi connectivity index (χ4v) is 2.20. The molecular weight excluding hydrogens is 262 g/mol. The number of aryl methyl sites for hydroxylation is 1. The number of carbonyl (C=O) groups excluding carboxylic acids is 1. The van der Waals surface area contributed by atoms with Crippen molar-refractivity contribution in [1.82, 2.24) is 14.7 Å². The van der Waals surface area contributed by atoms with Gasteiger partial charge < -0.3 is 10.0 Å². The Hall–Kier alpha value is -2.18. The first-order valence-corrected chi connectivity index (χ1v) is 6.40. The highest BCUT2D eigenvalue weighted by molar-refractivity contribution is 5.92. The van der Waals surface area contributed by atoms with Gasteiger partial charge >= 0.3 is 5.97 Å². The first kappa shape index (κ1) is 14.2. The summed E-state index contributed by atoms with van der Waals surface area (Å²) in [6.07, 6.45) is 0.833. The van der Waals surface area contributed by atoms with Crippen molar-refractivity contribution in [1.29, 1.82) is 0 Å². The molecule has 0 aliphatic carbocycles. The molecule has 1 aromatic rings. The zero-order chi connectivity index (χ0) is 14.9. The minimum Gasteiger partial charge on any atom is -0.481 e. The van der Waals surface area contributed by atoms with E-state index in [9.17, 15) is 14.4 Å². The van der Waals surface area contributed by atoms with Crippen molar-refractivity contribution in [3.63, 3.8) is 0 Å². The fourth-order valence-electron chi connectivity index (χ4n) is 2.20. The van der Waals surface area contributed by atoms with Crippen LogP contribution in [0.4, 0.5) is 0 Å².